The van der Waals surface area contributed by atoms with E-state index in [1.807, 2.05) is 0 Å². The molecule has 0 aliphatic carbocycles. The summed E-state index contributed by atoms with van der Waals surface area (Å²) < 4.78 is 5.44. The number of ether oxygens (including phenoxy) is 1. The number of carbonyl (C=O) groups excluding carboxylic acids is 1. The van der Waals surface area contributed by atoms with Crippen LogP contribution in [0.3, 0.4) is 0 Å². The summed E-state index contributed by atoms with van der Waals surface area (Å²) in [5, 5.41) is 11.6. The van der Waals surface area contributed by atoms with Gasteiger partial charge < -0.3 is 15.2 Å². The molecule has 0 radical (unpaired) electrons. The van der Waals surface area contributed by atoms with E-state index in [-0.39, 0.29) is 25.5 Å². The molecule has 0 spiro atoms. The van der Waals surface area contributed by atoms with Gasteiger partial charge in [0.1, 0.15) is 12.4 Å². The largest absolute Gasteiger partial charge is 0.488 e. The average molecular weight is 282 g/mol. The number of fused-ring (bicyclic) bond motifs is 1. The van der Waals surface area contributed by atoms with E-state index in [0.717, 1.165) is 5.56 Å². The second-order valence-electron chi connectivity index (χ2n) is 4.04. The zero-order valence-corrected chi connectivity index (χ0v) is 10.7. The van der Waals surface area contributed by atoms with Gasteiger partial charge >= 0.3 is 5.97 Å². The Kier molecular flexibility index (Phi) is 4.06. The molecule has 0 saturated carbocycles. The minimum Gasteiger partial charge on any atom is -0.488 e. The number of amides is 1. The molecule has 19 heavy (non-hydrogen) atoms. The first-order chi connectivity index (χ1) is 9.06. The quantitative estimate of drug-likeness (QED) is 0.881. The van der Waals surface area contributed by atoms with E-state index in [4.69, 9.17) is 21.4 Å². The molecule has 2 N–H and O–H groups in total. The second kappa shape index (κ2) is 5.75. The van der Waals surface area contributed by atoms with E-state index in [0.29, 0.717) is 16.3 Å². The molecule has 100 valence electrons. The van der Waals surface area contributed by atoms with Crippen molar-refractivity contribution in [1.82, 2.24) is 5.32 Å². The molecule has 0 aromatic heterocycles. The third-order valence-corrected chi connectivity index (χ3v) is 2.84. The molecule has 1 aliphatic rings. The summed E-state index contributed by atoms with van der Waals surface area (Å²) in [5.74, 6) is -0.607. The van der Waals surface area contributed by atoms with Crippen LogP contribution in [-0.4, -0.2) is 30.1 Å². The van der Waals surface area contributed by atoms with Crippen LogP contribution in [0.1, 0.15) is 12.0 Å². The van der Waals surface area contributed by atoms with E-state index in [2.05, 4.69) is 5.32 Å². The number of benzene rings is 1. The maximum absolute atomic E-state index is 11.8. The molecular weight excluding hydrogens is 270 g/mol. The van der Waals surface area contributed by atoms with Crippen LogP contribution in [-0.2, 0) is 9.59 Å². The van der Waals surface area contributed by atoms with Gasteiger partial charge in [-0.3, -0.25) is 9.59 Å². The van der Waals surface area contributed by atoms with E-state index in [1.54, 1.807) is 24.3 Å². The van der Waals surface area contributed by atoms with Gasteiger partial charge in [0.25, 0.3) is 5.91 Å². The van der Waals surface area contributed by atoms with E-state index >= 15 is 0 Å². The van der Waals surface area contributed by atoms with Crippen molar-refractivity contribution >= 4 is 29.6 Å². The van der Waals surface area contributed by atoms with Crippen LogP contribution in [0, 0.1) is 0 Å². The Bertz CT molecular complexity index is 554. The van der Waals surface area contributed by atoms with Crippen molar-refractivity contribution in [2.24, 2.45) is 0 Å². The third kappa shape index (κ3) is 3.48. The molecule has 1 aromatic carbocycles. The summed E-state index contributed by atoms with van der Waals surface area (Å²) in [5.41, 5.74) is 1.18. The summed E-state index contributed by atoms with van der Waals surface area (Å²) in [6.07, 6.45) is 1.59. The van der Waals surface area contributed by atoms with E-state index < -0.39 is 5.97 Å². The number of carboxylic acid groups (broad SMARTS) is 1. The van der Waals surface area contributed by atoms with Crippen LogP contribution in [0.4, 0.5) is 0 Å². The Morgan fingerprint density at radius 3 is 2.95 bits per heavy atom. The van der Waals surface area contributed by atoms with Gasteiger partial charge in [0, 0.05) is 17.1 Å². The Labute approximate surface area is 114 Å². The van der Waals surface area contributed by atoms with Gasteiger partial charge in [0.2, 0.25) is 0 Å². The zero-order chi connectivity index (χ0) is 13.8. The standard InChI is InChI=1S/C13H12ClNO4/c14-10-1-2-11-8(6-10)5-9(7-19-11)13(18)15-4-3-12(16)17/h1-2,5-6H,3-4,7H2,(H,15,18)(H,16,17). The van der Waals surface area contributed by atoms with Crippen LogP contribution in [0.15, 0.2) is 23.8 Å². The first kappa shape index (κ1) is 13.4. The van der Waals surface area contributed by atoms with Gasteiger partial charge in [-0.2, -0.15) is 0 Å². The molecule has 1 heterocycles. The first-order valence-electron chi connectivity index (χ1n) is 5.69. The molecule has 2 rings (SSSR count). The van der Waals surface area contributed by atoms with Crippen molar-refractivity contribution < 1.29 is 19.4 Å². The predicted molar refractivity (Wildman–Crippen MR) is 70.2 cm³/mol. The molecule has 0 fully saturated rings. The highest BCUT2D eigenvalue weighted by molar-refractivity contribution is 6.30. The fourth-order valence-electron chi connectivity index (χ4n) is 1.68. The van der Waals surface area contributed by atoms with Gasteiger partial charge in [-0.05, 0) is 24.3 Å². The maximum Gasteiger partial charge on any atom is 0.305 e. The number of aliphatic carboxylic acids is 1. The molecule has 1 aromatic rings. The lowest BCUT2D eigenvalue weighted by Gasteiger charge is -2.17. The Morgan fingerprint density at radius 1 is 1.42 bits per heavy atom. The van der Waals surface area contributed by atoms with Crippen molar-refractivity contribution in [3.8, 4) is 5.75 Å². The van der Waals surface area contributed by atoms with Gasteiger partial charge in [0.15, 0.2) is 0 Å². The SMILES string of the molecule is O=C(O)CCNC(=O)C1=Cc2cc(Cl)ccc2OC1. The maximum atomic E-state index is 11.8. The van der Waals surface area contributed by atoms with Crippen molar-refractivity contribution in [3.05, 3.63) is 34.4 Å². The highest BCUT2D eigenvalue weighted by atomic mass is 35.5. The summed E-state index contributed by atoms with van der Waals surface area (Å²) in [6, 6.07) is 5.17. The van der Waals surface area contributed by atoms with Crippen molar-refractivity contribution in [3.63, 3.8) is 0 Å². The smallest absolute Gasteiger partial charge is 0.305 e. The predicted octanol–water partition coefficient (Wildman–Crippen LogP) is 1.71. The normalized spacial score (nSPS) is 13.0. The van der Waals surface area contributed by atoms with Gasteiger partial charge in [-0.15, -0.1) is 0 Å². The monoisotopic (exact) mass is 281 g/mol. The Hall–Kier alpha value is -2.01. The number of rotatable bonds is 4. The van der Waals surface area contributed by atoms with Crippen molar-refractivity contribution in [1.29, 1.82) is 0 Å². The summed E-state index contributed by atoms with van der Waals surface area (Å²) >= 11 is 5.87. The average Bonchev–Trinajstić information content (AvgIpc) is 2.37. The number of hydrogen-bond donors (Lipinski definition) is 2. The fraction of sp³-hybridized carbons (Fsp3) is 0.231. The van der Waals surface area contributed by atoms with Crippen LogP contribution in [0.25, 0.3) is 6.08 Å². The van der Waals surface area contributed by atoms with E-state index in [9.17, 15) is 9.59 Å². The molecule has 0 unspecified atom stereocenters. The number of carboxylic acids is 1. The molecule has 0 saturated heterocycles. The number of hydrogen-bond acceptors (Lipinski definition) is 3. The molecule has 0 atom stereocenters. The highest BCUT2D eigenvalue weighted by Gasteiger charge is 2.17. The lowest BCUT2D eigenvalue weighted by Crippen LogP contribution is -2.30. The molecular formula is C13H12ClNO4. The number of carbonyl (C=O) groups is 2. The van der Waals surface area contributed by atoms with Crippen LogP contribution in [0.2, 0.25) is 5.02 Å². The van der Waals surface area contributed by atoms with Crippen LogP contribution < -0.4 is 10.1 Å². The first-order valence-corrected chi connectivity index (χ1v) is 6.07. The molecule has 5 nitrogen and oxygen atoms in total. The topological polar surface area (TPSA) is 75.6 Å². The number of halogens is 1. The summed E-state index contributed by atoms with van der Waals surface area (Å²) in [6.45, 7) is 0.251. The van der Waals surface area contributed by atoms with E-state index in [1.165, 1.54) is 0 Å². The van der Waals surface area contributed by atoms with Gasteiger partial charge in [-0.1, -0.05) is 11.6 Å². The zero-order valence-electron chi connectivity index (χ0n) is 9.98. The molecule has 6 heteroatoms. The van der Waals surface area contributed by atoms with Crippen LogP contribution >= 0.6 is 11.6 Å². The van der Waals surface area contributed by atoms with Gasteiger partial charge in [-0.25, -0.2) is 0 Å². The van der Waals surface area contributed by atoms with Crippen molar-refractivity contribution in [2.45, 2.75) is 6.42 Å². The third-order valence-electron chi connectivity index (χ3n) is 2.60. The lowest BCUT2D eigenvalue weighted by molar-refractivity contribution is -0.136. The highest BCUT2D eigenvalue weighted by Crippen LogP contribution is 2.28. The lowest BCUT2D eigenvalue weighted by atomic mass is 10.1. The summed E-state index contributed by atoms with van der Waals surface area (Å²) in [7, 11) is 0. The van der Waals surface area contributed by atoms with Crippen LogP contribution in [0.5, 0.6) is 5.75 Å². The summed E-state index contributed by atoms with van der Waals surface area (Å²) in [4.78, 5) is 22.1. The van der Waals surface area contributed by atoms with Gasteiger partial charge in [0.05, 0.1) is 12.0 Å². The molecule has 1 amide bonds. The fourth-order valence-corrected chi connectivity index (χ4v) is 1.86. The molecule has 0 bridgehead atoms. The Morgan fingerprint density at radius 2 is 2.21 bits per heavy atom. The minimum atomic E-state index is -0.952. The second-order valence-corrected chi connectivity index (χ2v) is 4.48. The molecule has 1 aliphatic heterocycles. The number of nitrogens with one attached hydrogen (secondary N) is 1. The minimum absolute atomic E-state index is 0.0912. The Balaban J connectivity index is 2.05. The van der Waals surface area contributed by atoms with Crippen molar-refractivity contribution in [2.75, 3.05) is 13.2 Å².